The van der Waals surface area contributed by atoms with E-state index in [1.165, 1.54) is 37.8 Å². The van der Waals surface area contributed by atoms with Crippen LogP contribution in [0.3, 0.4) is 0 Å². The Morgan fingerprint density at radius 1 is 1.18 bits per heavy atom. The second-order valence-corrected chi connectivity index (χ2v) is 8.17. The number of carbonyl (C=O) groups is 1. The van der Waals surface area contributed by atoms with Crippen molar-refractivity contribution < 1.29 is 9.18 Å². The minimum Gasteiger partial charge on any atom is -0.353 e. The van der Waals surface area contributed by atoms with Crippen molar-refractivity contribution in [1.29, 1.82) is 0 Å². The summed E-state index contributed by atoms with van der Waals surface area (Å²) in [5.74, 6) is 1.57. The molecule has 0 saturated heterocycles. The standard InChI is InChI=1S/C24H27FN2O/c1-16(28)27-24-14-18-5-2-3-8-22(18)23(24)12-11-21-10-9-19(15-26-21)17-6-4-7-20(25)13-17/h4,6-7,9-13,15,18,22-24H,2-3,5,8,14H2,1H3,(H,27,28)/t18-,22-,23+,24+/m1/s1. The van der Waals surface area contributed by atoms with Crippen LogP contribution in [0.4, 0.5) is 4.39 Å². The number of nitrogens with zero attached hydrogens (tertiary/aromatic N) is 1. The fourth-order valence-corrected chi connectivity index (χ4v) is 5.06. The van der Waals surface area contributed by atoms with E-state index in [0.717, 1.165) is 29.2 Å². The third-order valence-electron chi connectivity index (χ3n) is 6.31. The molecule has 0 bridgehead atoms. The van der Waals surface area contributed by atoms with Gasteiger partial charge in [-0.25, -0.2) is 4.39 Å². The largest absolute Gasteiger partial charge is 0.353 e. The summed E-state index contributed by atoms with van der Waals surface area (Å²) in [7, 11) is 0. The molecule has 0 aliphatic heterocycles. The zero-order valence-corrected chi connectivity index (χ0v) is 16.3. The normalized spacial score (nSPS) is 26.9. The second-order valence-electron chi connectivity index (χ2n) is 8.17. The van der Waals surface area contributed by atoms with Gasteiger partial charge in [-0.15, -0.1) is 0 Å². The molecular formula is C24H27FN2O. The molecule has 1 heterocycles. The number of carbonyl (C=O) groups excluding carboxylic acids is 1. The predicted octanol–water partition coefficient (Wildman–Crippen LogP) is 5.23. The van der Waals surface area contributed by atoms with E-state index < -0.39 is 0 Å². The first-order chi connectivity index (χ1) is 13.6. The molecule has 0 spiro atoms. The van der Waals surface area contributed by atoms with E-state index in [0.29, 0.717) is 11.8 Å². The first-order valence-corrected chi connectivity index (χ1v) is 10.3. The van der Waals surface area contributed by atoms with Gasteiger partial charge < -0.3 is 5.32 Å². The Kier molecular flexibility index (Phi) is 5.56. The lowest BCUT2D eigenvalue weighted by Gasteiger charge is -2.28. The van der Waals surface area contributed by atoms with E-state index in [-0.39, 0.29) is 17.8 Å². The molecule has 2 aliphatic rings. The molecule has 1 amide bonds. The van der Waals surface area contributed by atoms with Crippen LogP contribution in [0.25, 0.3) is 17.2 Å². The van der Waals surface area contributed by atoms with Crippen molar-refractivity contribution in [2.45, 2.75) is 45.1 Å². The van der Waals surface area contributed by atoms with Crippen LogP contribution < -0.4 is 5.32 Å². The van der Waals surface area contributed by atoms with Crippen LogP contribution >= 0.6 is 0 Å². The van der Waals surface area contributed by atoms with Crippen LogP contribution in [-0.4, -0.2) is 16.9 Å². The molecule has 4 atom stereocenters. The lowest BCUT2D eigenvalue weighted by Crippen LogP contribution is -2.36. The third-order valence-corrected chi connectivity index (χ3v) is 6.31. The number of hydrogen-bond acceptors (Lipinski definition) is 2. The number of halogens is 1. The highest BCUT2D eigenvalue weighted by molar-refractivity contribution is 5.73. The molecule has 1 N–H and O–H groups in total. The van der Waals surface area contributed by atoms with Gasteiger partial charge in [-0.3, -0.25) is 9.78 Å². The molecule has 1 aromatic heterocycles. The zero-order valence-electron chi connectivity index (χ0n) is 16.3. The Morgan fingerprint density at radius 3 is 2.79 bits per heavy atom. The number of aromatic nitrogens is 1. The predicted molar refractivity (Wildman–Crippen MR) is 110 cm³/mol. The summed E-state index contributed by atoms with van der Waals surface area (Å²) in [4.78, 5) is 16.2. The van der Waals surface area contributed by atoms with Crippen molar-refractivity contribution in [1.82, 2.24) is 10.3 Å². The van der Waals surface area contributed by atoms with E-state index in [1.54, 1.807) is 19.2 Å². The maximum absolute atomic E-state index is 13.4. The first kappa shape index (κ1) is 18.9. The molecule has 1 aromatic carbocycles. The fraction of sp³-hybridized carbons (Fsp3) is 0.417. The van der Waals surface area contributed by atoms with E-state index >= 15 is 0 Å². The van der Waals surface area contributed by atoms with Gasteiger partial charge in [0.15, 0.2) is 0 Å². The van der Waals surface area contributed by atoms with Crippen LogP contribution in [0.1, 0.15) is 44.7 Å². The van der Waals surface area contributed by atoms with Gasteiger partial charge in [0.1, 0.15) is 5.82 Å². The minimum absolute atomic E-state index is 0.0552. The quantitative estimate of drug-likeness (QED) is 0.791. The van der Waals surface area contributed by atoms with Crippen molar-refractivity contribution >= 4 is 12.0 Å². The maximum Gasteiger partial charge on any atom is 0.217 e. The molecule has 0 radical (unpaired) electrons. The number of amides is 1. The van der Waals surface area contributed by atoms with Gasteiger partial charge in [-0.1, -0.05) is 43.5 Å². The molecule has 3 nitrogen and oxygen atoms in total. The summed E-state index contributed by atoms with van der Waals surface area (Å²) in [5, 5.41) is 3.17. The van der Waals surface area contributed by atoms with Crippen LogP contribution in [0.5, 0.6) is 0 Å². The average molecular weight is 378 g/mol. The van der Waals surface area contributed by atoms with Gasteiger partial charge in [-0.05, 0) is 54.5 Å². The van der Waals surface area contributed by atoms with E-state index in [2.05, 4.69) is 22.5 Å². The number of rotatable bonds is 4. The lowest BCUT2D eigenvalue weighted by atomic mass is 9.78. The van der Waals surface area contributed by atoms with Crippen molar-refractivity contribution in [2.24, 2.45) is 17.8 Å². The second kappa shape index (κ2) is 8.26. The fourth-order valence-electron chi connectivity index (χ4n) is 5.06. The summed E-state index contributed by atoms with van der Waals surface area (Å²) >= 11 is 0. The summed E-state index contributed by atoms with van der Waals surface area (Å²) in [6, 6.07) is 10.7. The Balaban J connectivity index is 1.50. The Morgan fingerprint density at radius 2 is 2.04 bits per heavy atom. The highest BCUT2D eigenvalue weighted by Crippen LogP contribution is 2.46. The molecule has 0 unspecified atom stereocenters. The van der Waals surface area contributed by atoms with Crippen molar-refractivity contribution in [3.8, 4) is 11.1 Å². The molecular weight excluding hydrogens is 351 g/mol. The minimum atomic E-state index is -0.242. The van der Waals surface area contributed by atoms with Gasteiger partial charge in [-0.2, -0.15) is 0 Å². The van der Waals surface area contributed by atoms with Crippen LogP contribution in [-0.2, 0) is 4.79 Å². The third kappa shape index (κ3) is 4.16. The Bertz CT molecular complexity index is 861. The van der Waals surface area contributed by atoms with Crippen molar-refractivity contribution in [3.63, 3.8) is 0 Å². The van der Waals surface area contributed by atoms with Crippen LogP contribution in [0.2, 0.25) is 0 Å². The maximum atomic E-state index is 13.4. The zero-order chi connectivity index (χ0) is 19.5. The number of hydrogen-bond donors (Lipinski definition) is 1. The van der Waals surface area contributed by atoms with Crippen LogP contribution in [0, 0.1) is 23.6 Å². The topological polar surface area (TPSA) is 42.0 Å². The first-order valence-electron chi connectivity index (χ1n) is 10.3. The van der Waals surface area contributed by atoms with E-state index in [1.807, 2.05) is 18.2 Å². The summed E-state index contributed by atoms with van der Waals surface area (Å²) in [6.07, 6.45) is 12.3. The SMILES string of the molecule is CC(=O)N[C@H]1C[C@H]2CCCC[C@H]2[C@@H]1C=Cc1ccc(-c2cccc(F)c2)cn1. The summed E-state index contributed by atoms with van der Waals surface area (Å²) in [5.41, 5.74) is 2.62. The Hall–Kier alpha value is -2.49. The Labute approximate surface area is 166 Å². The molecule has 2 aliphatic carbocycles. The van der Waals surface area contributed by atoms with Gasteiger partial charge in [0.25, 0.3) is 0 Å². The highest BCUT2D eigenvalue weighted by Gasteiger charge is 2.42. The molecule has 2 aromatic rings. The monoisotopic (exact) mass is 378 g/mol. The molecule has 2 fully saturated rings. The van der Waals surface area contributed by atoms with Gasteiger partial charge in [0.2, 0.25) is 5.91 Å². The molecule has 4 rings (SSSR count). The highest BCUT2D eigenvalue weighted by atomic mass is 19.1. The number of fused-ring (bicyclic) bond motifs is 1. The van der Waals surface area contributed by atoms with E-state index in [4.69, 9.17) is 0 Å². The smallest absolute Gasteiger partial charge is 0.217 e. The number of pyridine rings is 1. The summed E-state index contributed by atoms with van der Waals surface area (Å²) in [6.45, 7) is 1.61. The molecule has 28 heavy (non-hydrogen) atoms. The van der Waals surface area contributed by atoms with Crippen LogP contribution in [0.15, 0.2) is 48.7 Å². The van der Waals surface area contributed by atoms with Crippen molar-refractivity contribution in [3.05, 3.63) is 60.2 Å². The van der Waals surface area contributed by atoms with Crippen molar-refractivity contribution in [2.75, 3.05) is 0 Å². The molecule has 2 saturated carbocycles. The number of benzene rings is 1. The molecule has 4 heteroatoms. The number of nitrogens with one attached hydrogen (secondary N) is 1. The van der Waals surface area contributed by atoms with Gasteiger partial charge in [0, 0.05) is 30.6 Å². The average Bonchev–Trinajstić information content (AvgIpc) is 3.03. The molecule has 146 valence electrons. The summed E-state index contributed by atoms with van der Waals surface area (Å²) < 4.78 is 13.4. The van der Waals surface area contributed by atoms with Gasteiger partial charge >= 0.3 is 0 Å². The lowest BCUT2D eigenvalue weighted by molar-refractivity contribution is -0.119. The van der Waals surface area contributed by atoms with Gasteiger partial charge in [0.05, 0.1) is 5.69 Å². The van der Waals surface area contributed by atoms with E-state index in [9.17, 15) is 9.18 Å².